The molecule has 0 bridgehead atoms. The number of benzene rings is 1. The molecule has 2 aromatic heterocycles. The number of rotatable bonds is 4. The summed E-state index contributed by atoms with van der Waals surface area (Å²) in [6.45, 7) is 0.242. The van der Waals surface area contributed by atoms with Crippen molar-refractivity contribution in [3.8, 4) is 9.88 Å². The molecule has 1 fully saturated rings. The highest BCUT2D eigenvalue weighted by atomic mass is 32.1. The van der Waals surface area contributed by atoms with Crippen LogP contribution in [-0.2, 0) is 9.53 Å². The van der Waals surface area contributed by atoms with Crippen LogP contribution >= 0.6 is 22.7 Å². The molecule has 0 atom stereocenters. The second-order valence-corrected chi connectivity index (χ2v) is 7.62. The number of thiophene rings is 1. The van der Waals surface area contributed by atoms with Crippen LogP contribution in [0.2, 0.25) is 0 Å². The molecular weight excluding hydrogens is 374 g/mol. The van der Waals surface area contributed by atoms with Crippen LogP contribution in [0.5, 0.6) is 0 Å². The lowest BCUT2D eigenvalue weighted by Gasteiger charge is -2.11. The minimum Gasteiger partial charge on any atom is -0.451 e. The van der Waals surface area contributed by atoms with Crippen LogP contribution < -0.4 is 5.32 Å². The minimum absolute atomic E-state index is 0.288. The largest absolute Gasteiger partial charge is 0.451 e. The van der Waals surface area contributed by atoms with Gasteiger partial charge in [0.05, 0.1) is 15.1 Å². The average Bonchev–Trinajstić information content (AvgIpc) is 3.37. The quantitative estimate of drug-likeness (QED) is 0.696. The molecule has 3 aromatic rings. The number of carbonyl (C=O) groups is 3. The third-order valence-corrected chi connectivity index (χ3v) is 6.07. The van der Waals surface area contributed by atoms with E-state index in [9.17, 15) is 14.4 Å². The van der Waals surface area contributed by atoms with Crippen LogP contribution in [0.15, 0.2) is 36.4 Å². The summed E-state index contributed by atoms with van der Waals surface area (Å²) >= 11 is 2.82. The first-order chi connectivity index (χ1) is 12.6. The van der Waals surface area contributed by atoms with Gasteiger partial charge in [-0.2, -0.15) is 0 Å². The minimum atomic E-state index is -0.588. The monoisotopic (exact) mass is 387 g/mol. The number of esters is 1. The molecule has 1 aliphatic rings. The second-order valence-electron chi connectivity index (χ2n) is 5.50. The topological polar surface area (TPSA) is 88.6 Å². The lowest BCUT2D eigenvalue weighted by molar-refractivity contribution is -0.130. The number of nitrogens with zero attached hydrogens (tertiary/aromatic N) is 2. The zero-order valence-corrected chi connectivity index (χ0v) is 15.1. The molecule has 132 valence electrons. The molecule has 1 aliphatic heterocycles. The highest BCUT2D eigenvalue weighted by Gasteiger charge is 2.27. The fourth-order valence-electron chi connectivity index (χ4n) is 2.53. The van der Waals surface area contributed by atoms with Gasteiger partial charge in [-0.15, -0.1) is 22.7 Å². The molecule has 1 N–H and O–H groups in total. The van der Waals surface area contributed by atoms with E-state index < -0.39 is 24.5 Å². The number of nitrogens with one attached hydrogen (secondary N) is 1. The van der Waals surface area contributed by atoms with Gasteiger partial charge in [-0.05, 0) is 24.3 Å². The summed E-state index contributed by atoms with van der Waals surface area (Å²) < 4.78 is 6.12. The molecule has 0 spiro atoms. The summed E-state index contributed by atoms with van der Waals surface area (Å²) in [5.74, 6) is -1.12. The van der Waals surface area contributed by atoms with E-state index in [0.717, 1.165) is 25.0 Å². The van der Waals surface area contributed by atoms with Gasteiger partial charge >= 0.3 is 12.0 Å². The van der Waals surface area contributed by atoms with Crippen molar-refractivity contribution < 1.29 is 19.1 Å². The summed E-state index contributed by atoms with van der Waals surface area (Å²) in [7, 11) is 0. The van der Waals surface area contributed by atoms with Crippen molar-refractivity contribution in [2.45, 2.75) is 0 Å². The molecule has 26 heavy (non-hydrogen) atoms. The summed E-state index contributed by atoms with van der Waals surface area (Å²) in [5.41, 5.74) is 0.916. The van der Waals surface area contributed by atoms with Crippen molar-refractivity contribution in [2.75, 3.05) is 19.7 Å². The van der Waals surface area contributed by atoms with E-state index in [1.165, 1.54) is 11.3 Å². The van der Waals surface area contributed by atoms with Gasteiger partial charge in [-0.1, -0.05) is 12.1 Å². The van der Waals surface area contributed by atoms with Crippen LogP contribution in [0, 0.1) is 0 Å². The summed E-state index contributed by atoms with van der Waals surface area (Å²) in [4.78, 5) is 42.3. The molecule has 0 radical (unpaired) electrons. The van der Waals surface area contributed by atoms with Crippen LogP contribution in [0.25, 0.3) is 20.1 Å². The summed E-state index contributed by atoms with van der Waals surface area (Å²) in [6, 6.07) is 10.8. The number of urea groups is 1. The average molecular weight is 387 g/mol. The predicted octanol–water partition coefficient (Wildman–Crippen LogP) is 2.73. The lowest BCUT2D eigenvalue weighted by Crippen LogP contribution is -2.37. The first kappa shape index (κ1) is 16.7. The van der Waals surface area contributed by atoms with Gasteiger partial charge in [0.25, 0.3) is 5.91 Å². The Hall–Kier alpha value is -2.78. The van der Waals surface area contributed by atoms with Crippen molar-refractivity contribution in [3.63, 3.8) is 0 Å². The third kappa shape index (κ3) is 3.18. The highest BCUT2D eigenvalue weighted by Crippen LogP contribution is 2.34. The smallest absolute Gasteiger partial charge is 0.348 e. The standard InChI is InChI=1S/C17H13N3O4S2/c21-14(20-8-7-18-17(20)23)9-24-16(22)13-6-5-12(25-13)15-19-10-3-1-2-4-11(10)26-15/h1-6H,7-9H2,(H,18,23). The van der Waals surface area contributed by atoms with Crippen LogP contribution in [0.1, 0.15) is 9.67 Å². The number of fused-ring (bicyclic) bond motifs is 1. The Morgan fingerprint density at radius 3 is 2.81 bits per heavy atom. The first-order valence-electron chi connectivity index (χ1n) is 7.83. The number of hydrogen-bond acceptors (Lipinski definition) is 7. The molecule has 1 saturated heterocycles. The molecular formula is C17H13N3O4S2. The third-order valence-electron chi connectivity index (χ3n) is 3.80. The Labute approximate surface area is 156 Å². The van der Waals surface area contributed by atoms with E-state index in [4.69, 9.17) is 4.74 Å². The fraction of sp³-hybridized carbons (Fsp3) is 0.176. The SMILES string of the molecule is O=C(OCC(=O)N1CCNC1=O)c1ccc(-c2nc3ccccc3s2)s1. The molecule has 3 amide bonds. The normalized spacial score (nSPS) is 13.8. The molecule has 3 heterocycles. The van der Waals surface area contributed by atoms with Gasteiger partial charge < -0.3 is 10.1 Å². The van der Waals surface area contributed by atoms with Gasteiger partial charge in [-0.25, -0.2) is 14.6 Å². The van der Waals surface area contributed by atoms with Crippen LogP contribution in [0.4, 0.5) is 4.79 Å². The fourth-order valence-corrected chi connectivity index (χ4v) is 4.45. The van der Waals surface area contributed by atoms with Gasteiger partial charge in [0.15, 0.2) is 6.61 Å². The van der Waals surface area contributed by atoms with Crippen LogP contribution in [-0.4, -0.2) is 47.5 Å². The maximum Gasteiger partial charge on any atom is 0.348 e. The number of para-hydroxylation sites is 1. The Kier molecular flexibility index (Phi) is 4.39. The van der Waals surface area contributed by atoms with Gasteiger partial charge in [-0.3, -0.25) is 9.69 Å². The Balaban J connectivity index is 1.43. The molecule has 1 aromatic carbocycles. The highest BCUT2D eigenvalue weighted by molar-refractivity contribution is 7.26. The maximum atomic E-state index is 12.2. The molecule has 7 nitrogen and oxygen atoms in total. The predicted molar refractivity (Wildman–Crippen MR) is 98.3 cm³/mol. The number of ether oxygens (including phenoxy) is 1. The van der Waals surface area contributed by atoms with Gasteiger partial charge in [0, 0.05) is 13.1 Å². The summed E-state index contributed by atoms with van der Waals surface area (Å²) in [6.07, 6.45) is 0. The Morgan fingerprint density at radius 1 is 1.19 bits per heavy atom. The Bertz CT molecular complexity index is 977. The van der Waals surface area contributed by atoms with Crippen molar-refractivity contribution in [1.82, 2.24) is 15.2 Å². The number of thiazole rings is 1. The molecule has 9 heteroatoms. The van der Waals surface area contributed by atoms with E-state index in [2.05, 4.69) is 10.3 Å². The van der Waals surface area contributed by atoms with Gasteiger partial charge in [0.1, 0.15) is 9.88 Å². The molecule has 0 saturated carbocycles. The first-order valence-corrected chi connectivity index (χ1v) is 9.46. The van der Waals surface area contributed by atoms with Crippen molar-refractivity contribution in [1.29, 1.82) is 0 Å². The zero-order chi connectivity index (χ0) is 18.1. The van der Waals surface area contributed by atoms with Crippen LogP contribution in [0.3, 0.4) is 0 Å². The number of aromatic nitrogens is 1. The van der Waals surface area contributed by atoms with Crippen molar-refractivity contribution in [3.05, 3.63) is 41.3 Å². The number of carbonyl (C=O) groups excluding carboxylic acids is 3. The van der Waals surface area contributed by atoms with E-state index in [1.54, 1.807) is 17.4 Å². The number of imide groups is 1. The van der Waals surface area contributed by atoms with E-state index >= 15 is 0 Å². The number of hydrogen-bond donors (Lipinski definition) is 1. The van der Waals surface area contributed by atoms with Gasteiger partial charge in [0.2, 0.25) is 0 Å². The maximum absolute atomic E-state index is 12.2. The molecule has 0 unspecified atom stereocenters. The summed E-state index contributed by atoms with van der Waals surface area (Å²) in [5, 5.41) is 3.36. The van der Waals surface area contributed by atoms with Crippen molar-refractivity contribution >= 4 is 50.8 Å². The zero-order valence-electron chi connectivity index (χ0n) is 13.4. The Morgan fingerprint density at radius 2 is 2.04 bits per heavy atom. The second kappa shape index (κ2) is 6.85. The number of amides is 3. The molecule has 4 rings (SSSR count). The van der Waals surface area contributed by atoms with E-state index in [0.29, 0.717) is 11.4 Å². The van der Waals surface area contributed by atoms with Crippen molar-refractivity contribution in [2.24, 2.45) is 0 Å². The lowest BCUT2D eigenvalue weighted by atomic mass is 10.3. The van der Waals surface area contributed by atoms with E-state index in [1.807, 2.05) is 30.3 Å². The molecule has 0 aliphatic carbocycles. The van der Waals surface area contributed by atoms with E-state index in [-0.39, 0.29) is 6.54 Å².